The molecule has 0 amide bonds. The number of pyridine rings is 1. The maximum absolute atomic E-state index is 13.2. The first kappa shape index (κ1) is 25.0. The molecule has 10 heteroatoms. The van der Waals surface area contributed by atoms with Gasteiger partial charge in [-0.05, 0) is 43.0 Å². The van der Waals surface area contributed by atoms with E-state index in [4.69, 9.17) is 16.6 Å². The number of hydrogen-bond donors (Lipinski definition) is 0. The second kappa shape index (κ2) is 8.82. The molecule has 0 unspecified atom stereocenters. The molecule has 0 bridgehead atoms. The first-order chi connectivity index (χ1) is 15.8. The van der Waals surface area contributed by atoms with E-state index in [-0.39, 0.29) is 10.3 Å². The first-order valence-electron chi connectivity index (χ1n) is 11.3. The Morgan fingerprint density at radius 3 is 2.35 bits per heavy atom. The van der Waals surface area contributed by atoms with Crippen LogP contribution in [0.2, 0.25) is 5.02 Å². The highest BCUT2D eigenvalue weighted by molar-refractivity contribution is 7.91. The Hall–Kier alpha value is -2.13. The van der Waals surface area contributed by atoms with E-state index in [1.54, 1.807) is 6.07 Å². The van der Waals surface area contributed by atoms with Crippen LogP contribution in [0, 0.1) is 5.92 Å². The Labute approximate surface area is 202 Å². The summed E-state index contributed by atoms with van der Waals surface area (Å²) in [6, 6.07) is 5.19. The van der Waals surface area contributed by atoms with Gasteiger partial charge in [-0.25, -0.2) is 18.4 Å². The molecule has 0 radical (unpaired) electrons. The predicted molar refractivity (Wildman–Crippen MR) is 125 cm³/mol. The van der Waals surface area contributed by atoms with Crippen molar-refractivity contribution in [1.82, 2.24) is 14.5 Å². The summed E-state index contributed by atoms with van der Waals surface area (Å²) < 4.78 is 67.4. The molecular weight excluding hydrogens is 487 g/mol. The van der Waals surface area contributed by atoms with Crippen LogP contribution < -0.4 is 0 Å². The maximum atomic E-state index is 13.2. The lowest BCUT2D eigenvalue weighted by Gasteiger charge is -2.26. The van der Waals surface area contributed by atoms with Gasteiger partial charge in [0.15, 0.2) is 5.03 Å². The summed E-state index contributed by atoms with van der Waals surface area (Å²) in [7, 11) is -4.25. The smallest absolute Gasteiger partial charge is 0.327 e. The number of hydrogen-bond acceptors (Lipinski definition) is 4. The van der Waals surface area contributed by atoms with Crippen LogP contribution in [0.15, 0.2) is 40.4 Å². The van der Waals surface area contributed by atoms with Crippen molar-refractivity contribution in [3.05, 3.63) is 46.9 Å². The standard InChI is InChI=1S/C24H27ClF3N3O2S/c1-23(2,3)22-30-19-12-17(9-10-20(19)31(22)14-15-7-5-4-6-8-15)34(32,33)21-18(25)11-16(13-29-21)24(26,27)28/h9-13,15H,4-8,14H2,1-3H3. The normalized spacial score (nSPS) is 16.3. The number of benzene rings is 1. The van der Waals surface area contributed by atoms with Gasteiger partial charge in [0.25, 0.3) is 0 Å². The van der Waals surface area contributed by atoms with Gasteiger partial charge in [-0.3, -0.25) is 0 Å². The lowest BCUT2D eigenvalue weighted by molar-refractivity contribution is -0.137. The minimum Gasteiger partial charge on any atom is -0.327 e. The molecule has 1 saturated carbocycles. The molecule has 34 heavy (non-hydrogen) atoms. The number of alkyl halides is 3. The van der Waals surface area contributed by atoms with Crippen molar-refractivity contribution >= 4 is 32.5 Å². The van der Waals surface area contributed by atoms with E-state index in [2.05, 4.69) is 30.3 Å². The number of aromatic nitrogens is 3. The Bertz CT molecular complexity index is 1320. The van der Waals surface area contributed by atoms with Gasteiger partial charge in [-0.15, -0.1) is 0 Å². The van der Waals surface area contributed by atoms with Crippen LogP contribution in [0.4, 0.5) is 13.2 Å². The largest absolute Gasteiger partial charge is 0.417 e. The summed E-state index contributed by atoms with van der Waals surface area (Å²) >= 11 is 5.92. The van der Waals surface area contributed by atoms with Crippen molar-refractivity contribution < 1.29 is 21.6 Å². The fraction of sp³-hybridized carbons (Fsp3) is 0.500. The molecule has 0 saturated heterocycles. The number of fused-ring (bicyclic) bond motifs is 1. The third kappa shape index (κ3) is 4.82. The van der Waals surface area contributed by atoms with Crippen LogP contribution in [0.1, 0.15) is 64.3 Å². The molecule has 1 fully saturated rings. The fourth-order valence-corrected chi connectivity index (χ4v) is 6.27. The molecule has 2 aromatic heterocycles. The van der Waals surface area contributed by atoms with Crippen molar-refractivity contribution in [2.45, 2.75) is 80.9 Å². The second-order valence-electron chi connectivity index (χ2n) is 9.96. The van der Waals surface area contributed by atoms with Gasteiger partial charge in [-0.2, -0.15) is 13.2 Å². The summed E-state index contributed by atoms with van der Waals surface area (Å²) in [4.78, 5) is 8.22. The number of halogens is 4. The Kier molecular flexibility index (Phi) is 6.48. The summed E-state index contributed by atoms with van der Waals surface area (Å²) in [6.07, 6.45) is 1.81. The highest BCUT2D eigenvalue weighted by atomic mass is 35.5. The lowest BCUT2D eigenvalue weighted by atomic mass is 9.88. The van der Waals surface area contributed by atoms with E-state index < -0.39 is 31.6 Å². The van der Waals surface area contributed by atoms with Crippen LogP contribution >= 0.6 is 11.6 Å². The molecule has 0 N–H and O–H groups in total. The third-order valence-corrected chi connectivity index (χ3v) is 8.36. The zero-order chi connectivity index (χ0) is 24.9. The zero-order valence-corrected chi connectivity index (χ0v) is 20.9. The van der Waals surface area contributed by atoms with E-state index in [0.29, 0.717) is 23.7 Å². The van der Waals surface area contributed by atoms with Crippen molar-refractivity contribution in [3.8, 4) is 0 Å². The molecule has 184 valence electrons. The highest BCUT2D eigenvalue weighted by Gasteiger charge is 2.34. The molecular formula is C24H27ClF3N3O2S. The molecule has 2 heterocycles. The first-order valence-corrected chi connectivity index (χ1v) is 13.1. The summed E-state index contributed by atoms with van der Waals surface area (Å²) in [6.45, 7) is 7.01. The SMILES string of the molecule is CC(C)(C)c1nc2cc(S(=O)(=O)c3ncc(C(F)(F)F)cc3Cl)ccc2n1CC1CCCCC1. The average Bonchev–Trinajstić information content (AvgIpc) is 3.12. The van der Waals surface area contributed by atoms with E-state index in [0.717, 1.165) is 30.7 Å². The van der Waals surface area contributed by atoms with E-state index in [9.17, 15) is 21.6 Å². The number of sulfone groups is 1. The van der Waals surface area contributed by atoms with Crippen LogP contribution in [-0.2, 0) is 28.0 Å². The Balaban J connectivity index is 1.78. The number of imidazole rings is 1. The van der Waals surface area contributed by atoms with Crippen molar-refractivity contribution in [2.24, 2.45) is 5.92 Å². The summed E-state index contributed by atoms with van der Waals surface area (Å²) in [5, 5.41) is -1.19. The fourth-order valence-electron chi connectivity index (χ4n) is 4.55. The van der Waals surface area contributed by atoms with Gasteiger partial charge in [-0.1, -0.05) is 51.6 Å². The quantitative estimate of drug-likeness (QED) is 0.384. The maximum Gasteiger partial charge on any atom is 0.417 e. The average molecular weight is 514 g/mol. The van der Waals surface area contributed by atoms with E-state index in [1.807, 2.05) is 0 Å². The van der Waals surface area contributed by atoms with E-state index in [1.165, 1.54) is 31.4 Å². The molecule has 0 atom stereocenters. The Morgan fingerprint density at radius 2 is 1.76 bits per heavy atom. The number of rotatable bonds is 4. The highest BCUT2D eigenvalue weighted by Crippen LogP contribution is 2.36. The predicted octanol–water partition coefficient (Wildman–Crippen LogP) is 6.81. The Morgan fingerprint density at radius 1 is 1.09 bits per heavy atom. The minimum absolute atomic E-state index is 0.114. The molecule has 0 spiro atoms. The number of nitrogens with zero attached hydrogens (tertiary/aromatic N) is 3. The lowest BCUT2D eigenvalue weighted by Crippen LogP contribution is -2.22. The van der Waals surface area contributed by atoms with E-state index >= 15 is 0 Å². The minimum atomic E-state index is -4.67. The summed E-state index contributed by atoms with van der Waals surface area (Å²) in [5.41, 5.74) is -0.0145. The van der Waals surface area contributed by atoms with Gasteiger partial charge < -0.3 is 4.57 Å². The molecule has 1 aliphatic carbocycles. The monoisotopic (exact) mass is 513 g/mol. The molecule has 0 aliphatic heterocycles. The topological polar surface area (TPSA) is 64.8 Å². The zero-order valence-electron chi connectivity index (χ0n) is 19.3. The van der Waals surface area contributed by atoms with Gasteiger partial charge >= 0.3 is 6.18 Å². The second-order valence-corrected chi connectivity index (χ2v) is 12.2. The molecule has 1 aliphatic rings. The van der Waals surface area contributed by atoms with Gasteiger partial charge in [0, 0.05) is 18.2 Å². The third-order valence-electron chi connectivity index (χ3n) is 6.26. The van der Waals surface area contributed by atoms with Crippen molar-refractivity contribution in [1.29, 1.82) is 0 Å². The van der Waals surface area contributed by atoms with Crippen molar-refractivity contribution in [2.75, 3.05) is 0 Å². The molecule has 4 rings (SSSR count). The summed E-state index contributed by atoms with van der Waals surface area (Å²) in [5.74, 6) is 1.42. The van der Waals surface area contributed by atoms with Gasteiger partial charge in [0.05, 0.1) is 26.5 Å². The molecule has 3 aromatic rings. The van der Waals surface area contributed by atoms with Gasteiger partial charge in [0.1, 0.15) is 5.82 Å². The van der Waals surface area contributed by atoms with Crippen LogP contribution in [-0.4, -0.2) is 23.0 Å². The van der Waals surface area contributed by atoms with Crippen molar-refractivity contribution in [3.63, 3.8) is 0 Å². The van der Waals surface area contributed by atoms with Gasteiger partial charge in [0.2, 0.25) is 9.84 Å². The van der Waals surface area contributed by atoms with Crippen LogP contribution in [0.5, 0.6) is 0 Å². The van der Waals surface area contributed by atoms with Crippen LogP contribution in [0.25, 0.3) is 11.0 Å². The van der Waals surface area contributed by atoms with Crippen LogP contribution in [0.3, 0.4) is 0 Å². The molecule has 1 aromatic carbocycles. The molecule has 5 nitrogen and oxygen atoms in total.